The van der Waals surface area contributed by atoms with Crippen LogP contribution in [0.25, 0.3) is 0 Å². The third-order valence-corrected chi connectivity index (χ3v) is 5.16. The number of amides is 2. The molecule has 0 saturated carbocycles. The van der Waals surface area contributed by atoms with Crippen molar-refractivity contribution in [3.8, 4) is 0 Å². The van der Waals surface area contributed by atoms with Crippen LogP contribution in [0, 0.1) is 13.8 Å². The van der Waals surface area contributed by atoms with E-state index in [1.807, 2.05) is 19.9 Å². The lowest BCUT2D eigenvalue weighted by Gasteiger charge is -2.15. The van der Waals surface area contributed by atoms with Gasteiger partial charge in [0.2, 0.25) is 0 Å². The zero-order valence-corrected chi connectivity index (χ0v) is 14.7. The van der Waals surface area contributed by atoms with Gasteiger partial charge < -0.3 is 15.6 Å². The van der Waals surface area contributed by atoms with Crippen molar-refractivity contribution in [2.45, 2.75) is 52.5 Å². The lowest BCUT2D eigenvalue weighted by molar-refractivity contribution is 0.240. The summed E-state index contributed by atoms with van der Waals surface area (Å²) in [6.45, 7) is 11.6. The van der Waals surface area contributed by atoms with Gasteiger partial charge in [-0.1, -0.05) is 25.7 Å². The molecule has 0 atom stereocenters. The van der Waals surface area contributed by atoms with E-state index in [0.29, 0.717) is 12.1 Å². The van der Waals surface area contributed by atoms with Gasteiger partial charge in [-0.2, -0.15) is 0 Å². The number of nitrogens with one attached hydrogen (secondary N) is 3. The van der Waals surface area contributed by atoms with Crippen molar-refractivity contribution in [1.29, 1.82) is 0 Å². The molecule has 0 unspecified atom stereocenters. The number of carbonyl (C=O) groups is 1. The molecule has 0 bridgehead atoms. The van der Waals surface area contributed by atoms with Gasteiger partial charge in [0.1, 0.15) is 0 Å². The predicted octanol–water partition coefficient (Wildman–Crippen LogP) is 2.52. The van der Waals surface area contributed by atoms with Crippen LogP contribution in [0.4, 0.5) is 4.79 Å². The summed E-state index contributed by atoms with van der Waals surface area (Å²) >= 11 is 0. The average molecular weight is 309 g/mol. The lowest BCUT2D eigenvalue weighted by atomic mass is 10.1. The summed E-state index contributed by atoms with van der Waals surface area (Å²) in [4.78, 5) is 26.3. The Hall–Kier alpha value is -1.56. The highest BCUT2D eigenvalue weighted by Gasteiger charge is 2.12. The predicted molar refractivity (Wildman–Crippen MR) is 89.5 cm³/mol. The second kappa shape index (κ2) is 7.45. The third kappa shape index (κ3) is 6.62. The molecule has 0 aliphatic heterocycles. The van der Waals surface area contributed by atoms with Crippen LogP contribution in [0.3, 0.4) is 0 Å². The fourth-order valence-corrected chi connectivity index (χ4v) is 3.39. The summed E-state index contributed by atoms with van der Waals surface area (Å²) in [5.41, 5.74) is 2.21. The topological polar surface area (TPSA) is 74.0 Å². The molecule has 6 heteroatoms. The Morgan fingerprint density at radius 3 is 2.48 bits per heavy atom. The Balaban J connectivity index is 2.39. The van der Waals surface area contributed by atoms with Crippen molar-refractivity contribution in [1.82, 2.24) is 15.6 Å². The van der Waals surface area contributed by atoms with Crippen LogP contribution in [-0.2, 0) is 6.54 Å². The van der Waals surface area contributed by atoms with Gasteiger partial charge in [-0.15, -0.1) is 0 Å². The van der Waals surface area contributed by atoms with Crippen molar-refractivity contribution in [3.05, 3.63) is 33.2 Å². The number of pyridine rings is 1. The van der Waals surface area contributed by atoms with Crippen molar-refractivity contribution in [2.24, 2.45) is 0 Å². The molecule has 0 saturated heterocycles. The first-order chi connectivity index (χ1) is 9.69. The molecule has 1 aromatic heterocycles. The zero-order valence-electron chi connectivity index (χ0n) is 13.7. The van der Waals surface area contributed by atoms with Crippen LogP contribution in [0.5, 0.6) is 0 Å². The van der Waals surface area contributed by atoms with Crippen LogP contribution in [0.15, 0.2) is 10.9 Å². The maximum absolute atomic E-state index is 11.8. The molecule has 0 aliphatic rings. The van der Waals surface area contributed by atoms with Gasteiger partial charge in [-0.05, 0) is 31.9 Å². The van der Waals surface area contributed by atoms with Crippen molar-refractivity contribution < 1.29 is 4.79 Å². The molecule has 21 heavy (non-hydrogen) atoms. The standard InChI is InChI=1S/C15H27N3O2Si/c1-11-9-12(2)18-14(19)13(11)10-17-15(20)16-7-6-8-21(3,4)5/h9H,6-8,10H2,1-5H3,(H,18,19)(H2,16,17,20). The minimum atomic E-state index is -1.04. The molecule has 0 fully saturated rings. The number of rotatable bonds is 6. The minimum absolute atomic E-state index is 0.133. The number of H-pyrrole nitrogens is 1. The third-order valence-electron chi connectivity index (χ3n) is 3.31. The van der Waals surface area contributed by atoms with Crippen LogP contribution in [0.2, 0.25) is 25.7 Å². The summed E-state index contributed by atoms with van der Waals surface area (Å²) in [6, 6.07) is 2.89. The molecule has 1 aromatic rings. The number of hydrogen-bond acceptors (Lipinski definition) is 2. The number of aryl methyl sites for hydroxylation is 2. The van der Waals surface area contributed by atoms with Gasteiger partial charge in [0.15, 0.2) is 0 Å². The van der Waals surface area contributed by atoms with Gasteiger partial charge in [-0.3, -0.25) is 4.79 Å². The number of urea groups is 1. The van der Waals surface area contributed by atoms with E-state index in [1.54, 1.807) is 0 Å². The van der Waals surface area contributed by atoms with Crippen LogP contribution >= 0.6 is 0 Å². The number of aromatic nitrogens is 1. The molecule has 1 heterocycles. The van der Waals surface area contributed by atoms with Crippen LogP contribution < -0.4 is 16.2 Å². The smallest absolute Gasteiger partial charge is 0.315 e. The molecular formula is C15H27N3O2Si. The quantitative estimate of drug-likeness (QED) is 0.558. The largest absolute Gasteiger partial charge is 0.338 e. The Morgan fingerprint density at radius 2 is 1.90 bits per heavy atom. The second-order valence-electron chi connectivity index (χ2n) is 6.72. The van der Waals surface area contributed by atoms with E-state index in [9.17, 15) is 9.59 Å². The van der Waals surface area contributed by atoms with Crippen molar-refractivity contribution >= 4 is 14.1 Å². The highest BCUT2D eigenvalue weighted by molar-refractivity contribution is 6.76. The highest BCUT2D eigenvalue weighted by atomic mass is 28.3. The average Bonchev–Trinajstić information content (AvgIpc) is 2.32. The minimum Gasteiger partial charge on any atom is -0.338 e. The summed E-state index contributed by atoms with van der Waals surface area (Å²) in [6.07, 6.45) is 1.01. The molecule has 0 spiro atoms. The van der Waals surface area contributed by atoms with E-state index in [2.05, 4.69) is 35.3 Å². The fourth-order valence-electron chi connectivity index (χ4n) is 2.15. The monoisotopic (exact) mass is 309 g/mol. The molecule has 2 amide bonds. The van der Waals surface area contributed by atoms with Gasteiger partial charge in [-0.25, -0.2) is 4.79 Å². The SMILES string of the molecule is Cc1cc(C)c(CNC(=O)NCCC[Si](C)(C)C)c(=O)[nH]1. The Labute approximate surface area is 127 Å². The molecule has 0 aromatic carbocycles. The van der Waals surface area contributed by atoms with E-state index in [4.69, 9.17) is 0 Å². The number of carbonyl (C=O) groups excluding carboxylic acids is 1. The van der Waals surface area contributed by atoms with E-state index >= 15 is 0 Å². The zero-order chi connectivity index (χ0) is 16.0. The van der Waals surface area contributed by atoms with Crippen LogP contribution in [0.1, 0.15) is 23.2 Å². The first-order valence-corrected chi connectivity index (χ1v) is 11.1. The molecule has 1 rings (SSSR count). The van der Waals surface area contributed by atoms with E-state index in [-0.39, 0.29) is 18.1 Å². The fraction of sp³-hybridized carbons (Fsp3) is 0.600. The van der Waals surface area contributed by atoms with E-state index < -0.39 is 8.07 Å². The summed E-state index contributed by atoms with van der Waals surface area (Å²) in [5, 5.41) is 5.57. The maximum Gasteiger partial charge on any atom is 0.315 e. The van der Waals surface area contributed by atoms with E-state index in [1.165, 1.54) is 6.04 Å². The van der Waals surface area contributed by atoms with Gasteiger partial charge in [0.25, 0.3) is 5.56 Å². The second-order valence-corrected chi connectivity index (χ2v) is 12.3. The lowest BCUT2D eigenvalue weighted by Crippen LogP contribution is -2.37. The Bertz CT molecular complexity index is 547. The molecular weight excluding hydrogens is 282 g/mol. The molecule has 0 radical (unpaired) electrons. The maximum atomic E-state index is 11.8. The Morgan fingerprint density at radius 1 is 1.24 bits per heavy atom. The summed E-state index contributed by atoms with van der Waals surface area (Å²) in [5.74, 6) is 0. The Kier molecular flexibility index (Phi) is 6.20. The van der Waals surface area contributed by atoms with Crippen LogP contribution in [-0.4, -0.2) is 25.6 Å². The summed E-state index contributed by atoms with van der Waals surface area (Å²) < 4.78 is 0. The first-order valence-electron chi connectivity index (χ1n) is 7.40. The van der Waals surface area contributed by atoms with Crippen molar-refractivity contribution in [3.63, 3.8) is 0 Å². The molecule has 3 N–H and O–H groups in total. The number of hydrogen-bond donors (Lipinski definition) is 3. The van der Waals surface area contributed by atoms with E-state index in [0.717, 1.165) is 17.7 Å². The number of aromatic amines is 1. The van der Waals surface area contributed by atoms with Gasteiger partial charge >= 0.3 is 6.03 Å². The van der Waals surface area contributed by atoms with Gasteiger partial charge in [0.05, 0.1) is 6.54 Å². The molecule has 0 aliphatic carbocycles. The normalized spacial score (nSPS) is 11.3. The highest BCUT2D eigenvalue weighted by Crippen LogP contribution is 2.09. The van der Waals surface area contributed by atoms with Crippen molar-refractivity contribution in [2.75, 3.05) is 6.54 Å². The molecule has 118 valence electrons. The molecule has 5 nitrogen and oxygen atoms in total. The van der Waals surface area contributed by atoms with Gasteiger partial charge in [0, 0.05) is 25.9 Å². The first kappa shape index (κ1) is 17.5. The summed E-state index contributed by atoms with van der Waals surface area (Å²) in [7, 11) is -1.04.